The fourth-order valence-electron chi connectivity index (χ4n) is 1.55. The molecule has 0 saturated carbocycles. The van der Waals surface area contributed by atoms with Gasteiger partial charge in [0.15, 0.2) is 11.4 Å². The lowest BCUT2D eigenvalue weighted by Crippen LogP contribution is -2.55. The van der Waals surface area contributed by atoms with Crippen molar-refractivity contribution >= 4 is 11.8 Å². The average molecular weight is 229 g/mol. The molecule has 1 atom stereocenters. The maximum absolute atomic E-state index is 11.6. The summed E-state index contributed by atoms with van der Waals surface area (Å²) in [7, 11) is 5.30. The van der Waals surface area contributed by atoms with Gasteiger partial charge in [0, 0.05) is 12.4 Å². The minimum Gasteiger partial charge on any atom is -0.550 e. The number of aliphatic hydroxyl groups is 1. The van der Waals surface area contributed by atoms with Gasteiger partial charge in [-0.1, -0.05) is 6.08 Å². The van der Waals surface area contributed by atoms with Crippen LogP contribution in [0.1, 0.15) is 13.3 Å². The lowest BCUT2D eigenvalue weighted by Gasteiger charge is -2.34. The maximum atomic E-state index is 11.6. The first kappa shape index (κ1) is 14.8. The second-order valence-electron chi connectivity index (χ2n) is 4.89. The number of likely N-dealkylation sites (N-methyl/N-ethyl adjacent to an activating group) is 1. The molecule has 0 aliphatic carbocycles. The van der Waals surface area contributed by atoms with Gasteiger partial charge in [-0.25, -0.2) is 0 Å². The number of nitrogens with zero attached hydrogens (tertiary/aromatic N) is 1. The van der Waals surface area contributed by atoms with Crippen LogP contribution in [0.4, 0.5) is 0 Å². The van der Waals surface area contributed by atoms with Crippen molar-refractivity contribution in [2.75, 3.05) is 27.7 Å². The normalized spacial score (nSPS) is 16.1. The van der Waals surface area contributed by atoms with Gasteiger partial charge < -0.3 is 19.5 Å². The summed E-state index contributed by atoms with van der Waals surface area (Å²) in [6.45, 7) is 1.65. The van der Waals surface area contributed by atoms with Gasteiger partial charge in [0.25, 0.3) is 0 Å². The molecule has 0 amide bonds. The van der Waals surface area contributed by atoms with Crippen LogP contribution >= 0.6 is 0 Å². The number of carbonyl (C=O) groups excluding carboxylic acids is 2. The molecule has 0 bridgehead atoms. The number of quaternary nitrogens is 1. The van der Waals surface area contributed by atoms with E-state index in [1.165, 1.54) is 12.2 Å². The summed E-state index contributed by atoms with van der Waals surface area (Å²) in [6, 6.07) is 0. The van der Waals surface area contributed by atoms with Gasteiger partial charge in [-0.15, -0.1) is 0 Å². The molecular formula is C11H19NO4. The van der Waals surface area contributed by atoms with E-state index >= 15 is 0 Å². The summed E-state index contributed by atoms with van der Waals surface area (Å²) in [4.78, 5) is 22.2. The van der Waals surface area contributed by atoms with Crippen molar-refractivity contribution in [3.63, 3.8) is 0 Å². The Morgan fingerprint density at radius 1 is 1.38 bits per heavy atom. The minimum atomic E-state index is -1.90. The minimum absolute atomic E-state index is 0.0180. The molecule has 0 spiro atoms. The van der Waals surface area contributed by atoms with E-state index in [1.807, 2.05) is 0 Å². The Bertz CT molecular complexity index is 304. The molecule has 0 heterocycles. The SMILES string of the molecule is CC=CC(=O)C(O)(CC(=O)[O-])C[N+](C)(C)C. The number of allylic oxidation sites excluding steroid dienone is 1. The first-order valence-corrected chi connectivity index (χ1v) is 5.00. The van der Waals surface area contributed by atoms with E-state index in [2.05, 4.69) is 0 Å². The Kier molecular flexibility index (Phi) is 4.83. The van der Waals surface area contributed by atoms with Crippen molar-refractivity contribution in [2.45, 2.75) is 18.9 Å². The molecule has 16 heavy (non-hydrogen) atoms. The van der Waals surface area contributed by atoms with Crippen LogP contribution < -0.4 is 5.11 Å². The monoisotopic (exact) mass is 229 g/mol. The Morgan fingerprint density at radius 2 is 1.88 bits per heavy atom. The number of carboxylic acid groups (broad SMARTS) is 1. The van der Waals surface area contributed by atoms with E-state index in [4.69, 9.17) is 0 Å². The number of carbonyl (C=O) groups is 2. The second-order valence-corrected chi connectivity index (χ2v) is 4.89. The number of hydrogen-bond donors (Lipinski definition) is 1. The van der Waals surface area contributed by atoms with E-state index in [0.717, 1.165) is 0 Å². The maximum Gasteiger partial charge on any atom is 0.193 e. The van der Waals surface area contributed by atoms with Gasteiger partial charge in [0.2, 0.25) is 0 Å². The van der Waals surface area contributed by atoms with Gasteiger partial charge in [-0.05, 0) is 13.0 Å². The summed E-state index contributed by atoms with van der Waals surface area (Å²) < 4.78 is 0.285. The molecule has 0 aromatic carbocycles. The number of rotatable bonds is 6. The molecule has 0 saturated heterocycles. The fourth-order valence-corrected chi connectivity index (χ4v) is 1.55. The van der Waals surface area contributed by atoms with Crippen LogP contribution in [0.25, 0.3) is 0 Å². The van der Waals surface area contributed by atoms with Crippen molar-refractivity contribution in [1.29, 1.82) is 0 Å². The summed E-state index contributed by atoms with van der Waals surface area (Å²) in [6.07, 6.45) is 1.96. The van der Waals surface area contributed by atoms with Crippen LogP contribution in [-0.2, 0) is 9.59 Å². The number of ketones is 1. The van der Waals surface area contributed by atoms with Gasteiger partial charge in [0.1, 0.15) is 6.54 Å². The molecule has 0 aromatic heterocycles. The van der Waals surface area contributed by atoms with Crippen LogP contribution in [0, 0.1) is 0 Å². The first-order valence-electron chi connectivity index (χ1n) is 5.00. The van der Waals surface area contributed by atoms with Crippen molar-refractivity contribution in [1.82, 2.24) is 0 Å². The molecule has 0 rings (SSSR count). The van der Waals surface area contributed by atoms with Crippen molar-refractivity contribution in [3.8, 4) is 0 Å². The third kappa shape index (κ3) is 5.04. The zero-order valence-electron chi connectivity index (χ0n) is 10.2. The van der Waals surface area contributed by atoms with Gasteiger partial charge in [-0.3, -0.25) is 4.79 Å². The predicted molar refractivity (Wildman–Crippen MR) is 57.3 cm³/mol. The van der Waals surface area contributed by atoms with Crippen LogP contribution in [0.2, 0.25) is 0 Å². The summed E-state index contributed by atoms with van der Waals surface area (Å²) in [5.41, 5.74) is -1.90. The standard InChI is InChI=1S/C11H19NO4/c1-5-6-9(13)11(16,7-10(14)15)8-12(2,3)4/h5-6,16H,7-8H2,1-4H3. The third-order valence-corrected chi connectivity index (χ3v) is 1.95. The molecule has 0 aliphatic rings. The molecular weight excluding hydrogens is 210 g/mol. The Labute approximate surface area is 95.6 Å². The largest absolute Gasteiger partial charge is 0.550 e. The molecule has 1 N–H and O–H groups in total. The number of carboxylic acids is 1. The molecule has 1 unspecified atom stereocenters. The van der Waals surface area contributed by atoms with Crippen molar-refractivity contribution < 1.29 is 24.3 Å². The quantitative estimate of drug-likeness (QED) is 0.454. The molecule has 0 aliphatic heterocycles. The molecule has 5 heteroatoms. The van der Waals surface area contributed by atoms with Gasteiger partial charge in [0.05, 0.1) is 21.1 Å². The zero-order chi connectivity index (χ0) is 13.0. The van der Waals surface area contributed by atoms with Crippen LogP contribution in [0.15, 0.2) is 12.2 Å². The summed E-state index contributed by atoms with van der Waals surface area (Å²) in [5.74, 6) is -2.04. The van der Waals surface area contributed by atoms with Crippen molar-refractivity contribution in [2.24, 2.45) is 0 Å². The van der Waals surface area contributed by atoms with Crippen LogP contribution in [-0.4, -0.2) is 54.6 Å². The third-order valence-electron chi connectivity index (χ3n) is 1.95. The predicted octanol–water partition coefficient (Wildman–Crippen LogP) is -1.29. The fraction of sp³-hybridized carbons (Fsp3) is 0.636. The summed E-state index contributed by atoms with van der Waals surface area (Å²) >= 11 is 0. The molecule has 0 fully saturated rings. The number of aliphatic carboxylic acids is 1. The van der Waals surface area contributed by atoms with Gasteiger partial charge in [-0.2, -0.15) is 0 Å². The highest BCUT2D eigenvalue weighted by Gasteiger charge is 2.39. The smallest absolute Gasteiger partial charge is 0.193 e. The lowest BCUT2D eigenvalue weighted by molar-refractivity contribution is -0.875. The molecule has 92 valence electrons. The highest BCUT2D eigenvalue weighted by atomic mass is 16.4. The first-order chi connectivity index (χ1) is 7.10. The topological polar surface area (TPSA) is 77.4 Å². The van der Waals surface area contributed by atoms with Crippen LogP contribution in [0.3, 0.4) is 0 Å². The highest BCUT2D eigenvalue weighted by molar-refractivity contribution is 5.98. The second kappa shape index (κ2) is 5.23. The van der Waals surface area contributed by atoms with E-state index in [1.54, 1.807) is 28.1 Å². The number of hydrogen-bond acceptors (Lipinski definition) is 4. The molecule has 0 radical (unpaired) electrons. The Balaban J connectivity index is 5.02. The van der Waals surface area contributed by atoms with Crippen molar-refractivity contribution in [3.05, 3.63) is 12.2 Å². The summed E-state index contributed by atoms with van der Waals surface area (Å²) in [5, 5.41) is 20.6. The van der Waals surface area contributed by atoms with E-state index in [-0.39, 0.29) is 11.0 Å². The van der Waals surface area contributed by atoms with Crippen LogP contribution in [0.5, 0.6) is 0 Å². The highest BCUT2D eigenvalue weighted by Crippen LogP contribution is 2.16. The van der Waals surface area contributed by atoms with Gasteiger partial charge >= 0.3 is 0 Å². The lowest BCUT2D eigenvalue weighted by atomic mass is 9.92. The molecule has 0 aromatic rings. The Hall–Kier alpha value is -1.20. The average Bonchev–Trinajstić information content (AvgIpc) is 1.98. The zero-order valence-corrected chi connectivity index (χ0v) is 10.2. The molecule has 5 nitrogen and oxygen atoms in total. The van der Waals surface area contributed by atoms with E-state index in [0.29, 0.717) is 0 Å². The Morgan fingerprint density at radius 3 is 2.19 bits per heavy atom. The van der Waals surface area contributed by atoms with E-state index in [9.17, 15) is 19.8 Å². The van der Waals surface area contributed by atoms with E-state index < -0.39 is 23.8 Å².